The summed E-state index contributed by atoms with van der Waals surface area (Å²) >= 11 is 0. The van der Waals surface area contributed by atoms with E-state index in [1.54, 1.807) is 6.26 Å². The van der Waals surface area contributed by atoms with E-state index in [0.717, 1.165) is 6.42 Å². The van der Waals surface area contributed by atoms with Gasteiger partial charge in [-0.3, -0.25) is 9.00 Å². The Labute approximate surface area is 98.6 Å². The van der Waals surface area contributed by atoms with Crippen molar-refractivity contribution in [3.8, 4) is 0 Å². The van der Waals surface area contributed by atoms with Gasteiger partial charge in [-0.1, -0.05) is 0 Å². The molecule has 1 saturated heterocycles. The molecular weight excluding hydrogens is 228 g/mol. The summed E-state index contributed by atoms with van der Waals surface area (Å²) in [5, 5.41) is 2.82. The van der Waals surface area contributed by atoms with Gasteiger partial charge in [-0.2, -0.15) is 0 Å². The Hall–Kier alpha value is -0.460. The highest BCUT2D eigenvalue weighted by Crippen LogP contribution is 2.26. The second-order valence-electron chi connectivity index (χ2n) is 4.43. The van der Waals surface area contributed by atoms with E-state index in [2.05, 4.69) is 5.32 Å². The first-order chi connectivity index (χ1) is 7.47. The number of carbonyl (C=O) groups excluding carboxylic acids is 1. The van der Waals surface area contributed by atoms with Gasteiger partial charge in [0, 0.05) is 35.4 Å². The van der Waals surface area contributed by atoms with Crippen LogP contribution in [0.4, 0.5) is 0 Å². The van der Waals surface area contributed by atoms with Gasteiger partial charge in [-0.25, -0.2) is 0 Å². The molecule has 0 saturated carbocycles. The minimum atomic E-state index is -0.800. The van der Waals surface area contributed by atoms with Crippen molar-refractivity contribution in [2.45, 2.75) is 19.4 Å². The predicted octanol–water partition coefficient (Wildman–Crippen LogP) is -0.765. The van der Waals surface area contributed by atoms with Crippen molar-refractivity contribution in [3.63, 3.8) is 0 Å². The predicted molar refractivity (Wildman–Crippen MR) is 63.5 cm³/mol. The zero-order valence-corrected chi connectivity index (χ0v) is 10.6. The summed E-state index contributed by atoms with van der Waals surface area (Å²) in [6.45, 7) is 3.17. The average molecular weight is 248 g/mol. The molecular formula is C10H20N2O3S. The van der Waals surface area contributed by atoms with Crippen molar-refractivity contribution in [3.05, 3.63) is 0 Å². The van der Waals surface area contributed by atoms with E-state index in [-0.39, 0.29) is 11.9 Å². The number of amides is 1. The Kier molecular flexibility index (Phi) is 4.89. The van der Waals surface area contributed by atoms with Gasteiger partial charge in [-0.15, -0.1) is 0 Å². The Morgan fingerprint density at radius 3 is 2.88 bits per heavy atom. The lowest BCUT2D eigenvalue weighted by Crippen LogP contribution is -2.50. The minimum Gasteiger partial charge on any atom is -0.379 e. The number of nitrogens with one attached hydrogen (secondary N) is 1. The van der Waals surface area contributed by atoms with Crippen molar-refractivity contribution in [1.29, 1.82) is 0 Å². The van der Waals surface area contributed by atoms with E-state index in [9.17, 15) is 9.00 Å². The van der Waals surface area contributed by atoms with Crippen LogP contribution in [0.5, 0.6) is 0 Å². The fourth-order valence-electron chi connectivity index (χ4n) is 1.60. The van der Waals surface area contributed by atoms with Crippen molar-refractivity contribution in [2.75, 3.05) is 31.8 Å². The molecule has 0 aromatic rings. The van der Waals surface area contributed by atoms with Crippen LogP contribution in [0.1, 0.15) is 13.3 Å². The molecule has 3 atom stereocenters. The van der Waals surface area contributed by atoms with Gasteiger partial charge >= 0.3 is 0 Å². The summed E-state index contributed by atoms with van der Waals surface area (Å²) < 4.78 is 16.0. The van der Waals surface area contributed by atoms with Crippen LogP contribution >= 0.6 is 0 Å². The molecule has 0 bridgehead atoms. The van der Waals surface area contributed by atoms with Gasteiger partial charge in [0.15, 0.2) is 0 Å². The first-order valence-corrected chi connectivity index (χ1v) is 7.11. The highest BCUT2D eigenvalue weighted by molar-refractivity contribution is 7.84. The summed E-state index contributed by atoms with van der Waals surface area (Å²) in [4.78, 5) is 11.9. The molecule has 0 aromatic heterocycles. The van der Waals surface area contributed by atoms with Gasteiger partial charge in [0.05, 0.1) is 18.6 Å². The molecule has 0 radical (unpaired) electrons. The maximum atomic E-state index is 11.9. The van der Waals surface area contributed by atoms with Crippen LogP contribution in [-0.4, -0.2) is 47.9 Å². The standard InChI is InChI=1S/C10H20N2O3S/c1-10(7-15-6-8(10)11)9(13)12-4-3-5-16(2)14/h8H,3-7,11H2,1-2H3,(H,12,13). The number of carbonyl (C=O) groups is 1. The van der Waals surface area contributed by atoms with Gasteiger partial charge < -0.3 is 15.8 Å². The van der Waals surface area contributed by atoms with E-state index in [1.807, 2.05) is 6.92 Å². The zero-order valence-electron chi connectivity index (χ0n) is 9.82. The van der Waals surface area contributed by atoms with Crippen LogP contribution in [0.3, 0.4) is 0 Å². The van der Waals surface area contributed by atoms with Crippen molar-refractivity contribution in [2.24, 2.45) is 11.1 Å². The van der Waals surface area contributed by atoms with Crippen LogP contribution in [0, 0.1) is 5.41 Å². The number of ether oxygens (including phenoxy) is 1. The molecule has 16 heavy (non-hydrogen) atoms. The van der Waals surface area contributed by atoms with Gasteiger partial charge in [0.2, 0.25) is 5.91 Å². The number of nitrogens with two attached hydrogens (primary N) is 1. The van der Waals surface area contributed by atoms with Crippen LogP contribution in [0.25, 0.3) is 0 Å². The Balaban J connectivity index is 2.32. The summed E-state index contributed by atoms with van der Waals surface area (Å²) in [7, 11) is -0.800. The van der Waals surface area contributed by atoms with Gasteiger partial charge in [0.25, 0.3) is 0 Å². The largest absolute Gasteiger partial charge is 0.379 e. The summed E-state index contributed by atoms with van der Waals surface area (Å²) in [6, 6.07) is -0.243. The van der Waals surface area contributed by atoms with E-state index >= 15 is 0 Å². The van der Waals surface area contributed by atoms with E-state index < -0.39 is 16.2 Å². The lowest BCUT2D eigenvalue weighted by Gasteiger charge is -2.25. The molecule has 0 aromatic carbocycles. The summed E-state index contributed by atoms with van der Waals surface area (Å²) in [6.07, 6.45) is 2.38. The van der Waals surface area contributed by atoms with E-state index in [0.29, 0.717) is 25.5 Å². The highest BCUT2D eigenvalue weighted by Gasteiger charge is 2.44. The molecule has 3 unspecified atom stereocenters. The second kappa shape index (κ2) is 5.75. The highest BCUT2D eigenvalue weighted by atomic mass is 32.2. The maximum absolute atomic E-state index is 11.9. The number of hydrogen-bond donors (Lipinski definition) is 2. The molecule has 1 rings (SSSR count). The smallest absolute Gasteiger partial charge is 0.229 e. The third-order valence-corrected chi connectivity index (χ3v) is 3.79. The minimum absolute atomic E-state index is 0.0700. The summed E-state index contributed by atoms with van der Waals surface area (Å²) in [5.41, 5.74) is 5.21. The molecule has 1 fully saturated rings. The molecule has 6 heteroatoms. The fourth-order valence-corrected chi connectivity index (χ4v) is 2.15. The zero-order chi connectivity index (χ0) is 12.2. The molecule has 1 heterocycles. The topological polar surface area (TPSA) is 81.4 Å². The maximum Gasteiger partial charge on any atom is 0.229 e. The Morgan fingerprint density at radius 2 is 2.38 bits per heavy atom. The molecule has 0 spiro atoms. The van der Waals surface area contributed by atoms with Crippen LogP contribution in [-0.2, 0) is 20.3 Å². The first kappa shape index (κ1) is 13.6. The lowest BCUT2D eigenvalue weighted by molar-refractivity contribution is -0.130. The van der Waals surface area contributed by atoms with Gasteiger partial charge in [0.1, 0.15) is 0 Å². The average Bonchev–Trinajstić information content (AvgIpc) is 2.55. The van der Waals surface area contributed by atoms with E-state index in [4.69, 9.17) is 10.5 Å². The molecule has 94 valence electrons. The number of hydrogen-bond acceptors (Lipinski definition) is 4. The van der Waals surface area contributed by atoms with Crippen molar-refractivity contribution in [1.82, 2.24) is 5.32 Å². The monoisotopic (exact) mass is 248 g/mol. The van der Waals surface area contributed by atoms with Crippen LogP contribution < -0.4 is 11.1 Å². The molecule has 1 amide bonds. The van der Waals surface area contributed by atoms with Crippen molar-refractivity contribution >= 4 is 16.7 Å². The molecule has 1 aliphatic heterocycles. The van der Waals surface area contributed by atoms with Crippen LogP contribution in [0.15, 0.2) is 0 Å². The third kappa shape index (κ3) is 3.26. The van der Waals surface area contributed by atoms with E-state index in [1.165, 1.54) is 0 Å². The lowest BCUT2D eigenvalue weighted by atomic mass is 9.85. The SMILES string of the molecule is CS(=O)CCCNC(=O)C1(C)COCC1N. The molecule has 3 N–H and O–H groups in total. The van der Waals surface area contributed by atoms with Crippen molar-refractivity contribution < 1.29 is 13.7 Å². The van der Waals surface area contributed by atoms with Crippen LogP contribution in [0.2, 0.25) is 0 Å². The summed E-state index contributed by atoms with van der Waals surface area (Å²) in [5.74, 6) is 0.541. The Morgan fingerprint density at radius 1 is 1.69 bits per heavy atom. The Bertz CT molecular complexity index is 285. The fraction of sp³-hybridized carbons (Fsp3) is 0.900. The second-order valence-corrected chi connectivity index (χ2v) is 5.98. The first-order valence-electron chi connectivity index (χ1n) is 5.38. The molecule has 1 aliphatic rings. The molecule has 5 nitrogen and oxygen atoms in total. The molecule has 0 aliphatic carbocycles. The quantitative estimate of drug-likeness (QED) is 0.626. The third-order valence-electron chi connectivity index (χ3n) is 2.93. The number of rotatable bonds is 5. The normalized spacial score (nSPS) is 31.3. The van der Waals surface area contributed by atoms with Gasteiger partial charge in [-0.05, 0) is 13.3 Å².